The van der Waals surface area contributed by atoms with Gasteiger partial charge in [0.05, 0.1) is 6.61 Å². The predicted octanol–water partition coefficient (Wildman–Crippen LogP) is 2.50. The Morgan fingerprint density at radius 3 is 2.60 bits per heavy atom. The van der Waals surface area contributed by atoms with Crippen molar-refractivity contribution in [3.63, 3.8) is 0 Å². The van der Waals surface area contributed by atoms with Gasteiger partial charge in [0.1, 0.15) is 11.6 Å². The summed E-state index contributed by atoms with van der Waals surface area (Å²) in [6.07, 6.45) is 1.09. The van der Waals surface area contributed by atoms with E-state index in [1.807, 2.05) is 20.8 Å². The molecular formula is C15H23NO4. The highest BCUT2D eigenvalue weighted by Crippen LogP contribution is 2.46. The number of hydrogen-bond donors (Lipinski definition) is 0. The monoisotopic (exact) mass is 281 g/mol. The molecule has 1 heterocycles. The second-order valence-electron chi connectivity index (χ2n) is 6.44. The second-order valence-corrected chi connectivity index (χ2v) is 6.44. The number of fused-ring (bicyclic) bond motifs is 2. The number of esters is 1. The maximum atomic E-state index is 12.3. The van der Waals surface area contributed by atoms with E-state index in [1.54, 1.807) is 11.8 Å². The molecule has 0 aromatic carbocycles. The lowest BCUT2D eigenvalue weighted by Gasteiger charge is -2.35. The number of likely N-dealkylation sites (tertiary alicyclic amines) is 1. The Kier molecular flexibility index (Phi) is 3.80. The summed E-state index contributed by atoms with van der Waals surface area (Å²) in [6, 6.07) is -0.562. The van der Waals surface area contributed by atoms with Crippen LogP contribution in [0.2, 0.25) is 0 Å². The highest BCUT2D eigenvalue weighted by atomic mass is 16.6. The zero-order valence-corrected chi connectivity index (χ0v) is 12.6. The molecule has 1 saturated carbocycles. The topological polar surface area (TPSA) is 55.8 Å². The van der Waals surface area contributed by atoms with Gasteiger partial charge < -0.3 is 9.47 Å². The van der Waals surface area contributed by atoms with Crippen LogP contribution < -0.4 is 0 Å². The van der Waals surface area contributed by atoms with Gasteiger partial charge in [0.25, 0.3) is 0 Å². The van der Waals surface area contributed by atoms with Crippen molar-refractivity contribution < 1.29 is 19.1 Å². The average Bonchev–Trinajstić information content (AvgIpc) is 2.82. The molecule has 5 nitrogen and oxygen atoms in total. The summed E-state index contributed by atoms with van der Waals surface area (Å²) < 4.78 is 10.5. The number of piperidine rings is 1. The van der Waals surface area contributed by atoms with Crippen molar-refractivity contribution in [3.05, 3.63) is 12.2 Å². The molecule has 0 N–H and O–H groups in total. The summed E-state index contributed by atoms with van der Waals surface area (Å²) in [6.45, 7) is 11.5. The summed E-state index contributed by atoms with van der Waals surface area (Å²) in [7, 11) is 0. The van der Waals surface area contributed by atoms with Crippen LogP contribution in [0.25, 0.3) is 0 Å². The van der Waals surface area contributed by atoms with Crippen LogP contribution in [-0.2, 0) is 14.3 Å². The minimum Gasteiger partial charge on any atom is -0.464 e. The van der Waals surface area contributed by atoms with Crippen LogP contribution in [0.3, 0.4) is 0 Å². The molecule has 1 aliphatic carbocycles. The first-order chi connectivity index (χ1) is 9.24. The van der Waals surface area contributed by atoms with E-state index in [9.17, 15) is 9.59 Å². The number of nitrogens with zero attached hydrogens (tertiary/aromatic N) is 1. The van der Waals surface area contributed by atoms with Crippen molar-refractivity contribution >= 4 is 12.1 Å². The smallest absolute Gasteiger partial charge is 0.411 e. The third-order valence-electron chi connectivity index (χ3n) is 3.75. The van der Waals surface area contributed by atoms with E-state index in [0.29, 0.717) is 6.61 Å². The van der Waals surface area contributed by atoms with Crippen LogP contribution in [0.15, 0.2) is 12.2 Å². The quantitative estimate of drug-likeness (QED) is 0.576. The fourth-order valence-electron chi connectivity index (χ4n) is 3.06. The maximum Gasteiger partial charge on any atom is 0.411 e. The van der Waals surface area contributed by atoms with Gasteiger partial charge in [0.15, 0.2) is 0 Å². The van der Waals surface area contributed by atoms with Crippen LogP contribution in [0.5, 0.6) is 0 Å². The van der Waals surface area contributed by atoms with Crippen molar-refractivity contribution in [1.82, 2.24) is 4.90 Å². The first-order valence-electron chi connectivity index (χ1n) is 7.10. The van der Waals surface area contributed by atoms with Crippen molar-refractivity contribution in [2.24, 2.45) is 5.92 Å². The van der Waals surface area contributed by atoms with Gasteiger partial charge in [-0.15, -0.1) is 0 Å². The Labute approximate surface area is 119 Å². The molecular weight excluding hydrogens is 258 g/mol. The summed E-state index contributed by atoms with van der Waals surface area (Å²) in [5.41, 5.74) is 0.461. The summed E-state index contributed by atoms with van der Waals surface area (Å²) in [5.74, 6) is -0.349. The predicted molar refractivity (Wildman–Crippen MR) is 74.1 cm³/mol. The number of amides is 1. The van der Waals surface area contributed by atoms with E-state index in [1.165, 1.54) is 0 Å². The molecule has 1 amide bonds. The number of ether oxygens (including phenoxy) is 2. The van der Waals surface area contributed by atoms with Gasteiger partial charge in [-0.3, -0.25) is 4.90 Å². The summed E-state index contributed by atoms with van der Waals surface area (Å²) in [5, 5.41) is 0. The van der Waals surface area contributed by atoms with Gasteiger partial charge >= 0.3 is 12.1 Å². The van der Waals surface area contributed by atoms with Gasteiger partial charge in [-0.25, -0.2) is 9.59 Å². The molecule has 3 atom stereocenters. The number of carbonyl (C=O) groups excluding carboxylic acids is 2. The largest absolute Gasteiger partial charge is 0.464 e. The standard InChI is InChI=1S/C15H23NO4/c1-6-19-13(17)12-11-8-10(7-9(11)2)16(12)14(18)20-15(3,4)5/h10-12H,2,6-8H2,1,3-5H3/t10-,11-,12+/m1/s1. The molecule has 0 radical (unpaired) electrons. The maximum absolute atomic E-state index is 12.3. The van der Waals surface area contributed by atoms with Gasteiger partial charge in [0.2, 0.25) is 0 Å². The van der Waals surface area contributed by atoms with Crippen molar-refractivity contribution in [3.8, 4) is 0 Å². The van der Waals surface area contributed by atoms with Gasteiger partial charge in [0, 0.05) is 12.0 Å². The summed E-state index contributed by atoms with van der Waals surface area (Å²) >= 11 is 0. The Morgan fingerprint density at radius 2 is 2.05 bits per heavy atom. The van der Waals surface area contributed by atoms with E-state index in [0.717, 1.165) is 18.4 Å². The van der Waals surface area contributed by atoms with E-state index in [-0.39, 0.29) is 17.9 Å². The first kappa shape index (κ1) is 14.9. The lowest BCUT2D eigenvalue weighted by molar-refractivity contribution is -0.150. The first-order valence-corrected chi connectivity index (χ1v) is 7.10. The Morgan fingerprint density at radius 1 is 1.40 bits per heavy atom. The highest BCUT2D eigenvalue weighted by molar-refractivity contribution is 5.84. The molecule has 1 saturated heterocycles. The van der Waals surface area contributed by atoms with E-state index < -0.39 is 17.7 Å². The zero-order chi connectivity index (χ0) is 15.1. The molecule has 0 unspecified atom stereocenters. The van der Waals surface area contributed by atoms with Gasteiger partial charge in [-0.1, -0.05) is 12.2 Å². The molecule has 0 aromatic rings. The number of hydrogen-bond acceptors (Lipinski definition) is 4. The normalized spacial score (nSPS) is 28.7. The van der Waals surface area contributed by atoms with Gasteiger partial charge in [-0.2, -0.15) is 0 Å². The fraction of sp³-hybridized carbons (Fsp3) is 0.733. The van der Waals surface area contributed by atoms with Crippen LogP contribution in [0.4, 0.5) is 4.79 Å². The molecule has 0 aromatic heterocycles. The Balaban J connectivity index is 2.19. The fourth-order valence-corrected chi connectivity index (χ4v) is 3.06. The SMILES string of the molecule is C=C1C[C@@H]2C[C@H]1[C@@H](C(=O)OCC)N2C(=O)OC(C)(C)C. The molecule has 2 rings (SSSR count). The molecule has 0 spiro atoms. The Bertz CT molecular complexity index is 438. The van der Waals surface area contributed by atoms with Crippen LogP contribution >= 0.6 is 0 Å². The Hall–Kier alpha value is -1.52. The third kappa shape index (κ3) is 2.67. The number of rotatable bonds is 2. The summed E-state index contributed by atoms with van der Waals surface area (Å²) in [4.78, 5) is 26.0. The minimum absolute atomic E-state index is 0.00608. The van der Waals surface area contributed by atoms with Crippen molar-refractivity contribution in [2.45, 2.75) is 58.2 Å². The average molecular weight is 281 g/mol. The van der Waals surface area contributed by atoms with Gasteiger partial charge in [-0.05, 0) is 40.5 Å². The van der Waals surface area contributed by atoms with Crippen LogP contribution in [0, 0.1) is 5.92 Å². The molecule has 112 valence electrons. The lowest BCUT2D eigenvalue weighted by atomic mass is 9.95. The number of carbonyl (C=O) groups is 2. The highest BCUT2D eigenvalue weighted by Gasteiger charge is 2.54. The van der Waals surface area contributed by atoms with Crippen molar-refractivity contribution in [2.75, 3.05) is 6.61 Å². The third-order valence-corrected chi connectivity index (χ3v) is 3.75. The molecule has 2 bridgehead atoms. The molecule has 1 aliphatic heterocycles. The van der Waals surface area contributed by atoms with E-state index in [2.05, 4.69) is 6.58 Å². The van der Waals surface area contributed by atoms with E-state index >= 15 is 0 Å². The molecule has 2 fully saturated rings. The molecule has 5 heteroatoms. The van der Waals surface area contributed by atoms with Crippen LogP contribution in [-0.4, -0.2) is 41.3 Å². The van der Waals surface area contributed by atoms with E-state index in [4.69, 9.17) is 9.47 Å². The minimum atomic E-state index is -0.574. The molecule has 20 heavy (non-hydrogen) atoms. The zero-order valence-electron chi connectivity index (χ0n) is 12.6. The van der Waals surface area contributed by atoms with Crippen LogP contribution in [0.1, 0.15) is 40.5 Å². The lowest BCUT2D eigenvalue weighted by Crippen LogP contribution is -2.51. The van der Waals surface area contributed by atoms with Crippen molar-refractivity contribution in [1.29, 1.82) is 0 Å². The molecule has 2 aliphatic rings. The second kappa shape index (κ2) is 5.11.